The van der Waals surface area contributed by atoms with Crippen molar-refractivity contribution in [2.24, 2.45) is 0 Å². The molecule has 0 spiro atoms. The molecule has 1 aliphatic heterocycles. The molecule has 0 aromatic heterocycles. The summed E-state index contributed by atoms with van der Waals surface area (Å²) in [6.45, 7) is 2.65. The topological polar surface area (TPSA) is 105 Å². The van der Waals surface area contributed by atoms with Crippen molar-refractivity contribution in [2.45, 2.75) is 13.0 Å². The number of rotatable bonds is 3. The molecule has 0 radical (unpaired) electrons. The molecular formula is C14H19N2O5+. The number of nitrogens with two attached hydrogens (primary N) is 1. The third-order valence-electron chi connectivity index (χ3n) is 3.28. The monoisotopic (exact) mass is 295 g/mol. The molecule has 7 heteroatoms. The van der Waals surface area contributed by atoms with Crippen molar-refractivity contribution < 1.29 is 24.2 Å². The maximum absolute atomic E-state index is 12.6. The minimum atomic E-state index is -0.785. The quantitative estimate of drug-likeness (QED) is 0.484. The lowest BCUT2D eigenvalue weighted by molar-refractivity contribution is -0.153. The molecule has 1 aromatic carbocycles. The number of nitrogens with zero attached hydrogens (tertiary/aromatic N) is 1. The zero-order valence-electron chi connectivity index (χ0n) is 11.8. The molecule has 0 saturated carbocycles. The van der Waals surface area contributed by atoms with Gasteiger partial charge in [0.15, 0.2) is 6.04 Å². The van der Waals surface area contributed by atoms with E-state index in [-0.39, 0.29) is 36.8 Å². The Morgan fingerprint density at radius 1 is 1.52 bits per heavy atom. The summed E-state index contributed by atoms with van der Waals surface area (Å²) in [4.78, 5) is 25.9. The number of hydrogen-bond donors (Lipinski definition) is 1. The van der Waals surface area contributed by atoms with Gasteiger partial charge >= 0.3 is 5.97 Å². The summed E-state index contributed by atoms with van der Waals surface area (Å²) in [6.07, 6.45) is 0. The molecule has 0 aliphatic carbocycles. The highest BCUT2D eigenvalue weighted by atomic mass is 16.5. The van der Waals surface area contributed by atoms with Crippen LogP contribution in [0.1, 0.15) is 17.3 Å². The molecule has 4 N–H and O–H groups in total. The lowest BCUT2D eigenvalue weighted by Gasteiger charge is -2.33. The van der Waals surface area contributed by atoms with Gasteiger partial charge < -0.3 is 25.2 Å². The maximum Gasteiger partial charge on any atom is 0.331 e. The summed E-state index contributed by atoms with van der Waals surface area (Å²) in [6, 6.07) is 3.91. The second-order valence-corrected chi connectivity index (χ2v) is 4.61. The third kappa shape index (κ3) is 3.08. The molecule has 1 saturated heterocycles. The van der Waals surface area contributed by atoms with Crippen molar-refractivity contribution in [1.82, 2.24) is 4.90 Å². The maximum atomic E-state index is 12.6. The normalized spacial score (nSPS) is 18.3. The molecule has 1 aliphatic rings. The first-order valence-electron chi connectivity index (χ1n) is 6.71. The standard InChI is InChI=1S/C14H18N2O5/c1-2-21-14(19)11-8-20-7-6-16(11)13(18)9-4-3-5-10(15)12(9)17/h3-5,11,17H,2,6-8,15H2,1H3/p+1. The minimum Gasteiger partial charge on any atom is -0.591 e. The molecule has 0 bridgehead atoms. The van der Waals surface area contributed by atoms with Crippen molar-refractivity contribution in [1.29, 1.82) is 0 Å². The second kappa shape index (κ2) is 6.45. The number of esters is 1. The largest absolute Gasteiger partial charge is 0.591 e. The van der Waals surface area contributed by atoms with Crippen LogP contribution < -0.4 is 5.73 Å². The van der Waals surface area contributed by atoms with Crippen molar-refractivity contribution in [3.8, 4) is 5.75 Å². The molecule has 21 heavy (non-hydrogen) atoms. The van der Waals surface area contributed by atoms with E-state index in [9.17, 15) is 9.59 Å². The number of amides is 1. The molecule has 1 aromatic rings. The average Bonchev–Trinajstić information content (AvgIpc) is 2.49. The number of nitrogen functional groups attached to an aromatic ring is 1. The predicted molar refractivity (Wildman–Crippen MR) is 76.2 cm³/mol. The summed E-state index contributed by atoms with van der Waals surface area (Å²) in [5.74, 6) is -0.939. The molecular weight excluding hydrogens is 276 g/mol. The van der Waals surface area contributed by atoms with Crippen molar-refractivity contribution in [2.75, 3.05) is 32.1 Å². The van der Waals surface area contributed by atoms with Gasteiger partial charge in [0.25, 0.3) is 11.7 Å². The molecule has 1 amide bonds. The van der Waals surface area contributed by atoms with Gasteiger partial charge in [0.1, 0.15) is 11.3 Å². The van der Waals surface area contributed by atoms with Crippen LogP contribution in [0.25, 0.3) is 0 Å². The van der Waals surface area contributed by atoms with E-state index in [1.807, 2.05) is 0 Å². The van der Waals surface area contributed by atoms with Gasteiger partial charge in [0.2, 0.25) is 0 Å². The molecule has 1 heterocycles. The van der Waals surface area contributed by atoms with Gasteiger partial charge in [-0.1, -0.05) is 6.07 Å². The van der Waals surface area contributed by atoms with Crippen LogP contribution in [-0.2, 0) is 14.3 Å². The molecule has 1 atom stereocenters. The Morgan fingerprint density at radius 3 is 3.00 bits per heavy atom. The fourth-order valence-electron chi connectivity index (χ4n) is 2.18. The summed E-state index contributed by atoms with van der Waals surface area (Å²) in [5, 5.41) is 7.88. The Labute approximate surface area is 122 Å². The average molecular weight is 295 g/mol. The zero-order chi connectivity index (χ0) is 15.4. The molecule has 1 fully saturated rings. The van der Waals surface area contributed by atoms with E-state index in [0.717, 1.165) is 0 Å². The molecule has 2 rings (SSSR count). The molecule has 7 nitrogen and oxygen atoms in total. The van der Waals surface area contributed by atoms with Crippen LogP contribution in [0.15, 0.2) is 18.2 Å². The number of benzene rings is 1. The highest BCUT2D eigenvalue weighted by Crippen LogP contribution is 2.26. The van der Waals surface area contributed by atoms with Gasteiger partial charge in [-0.2, -0.15) is 0 Å². The van der Waals surface area contributed by atoms with Gasteiger partial charge in [0.05, 0.1) is 19.8 Å². The number of para-hydroxylation sites is 1. The number of morpholine rings is 1. The summed E-state index contributed by atoms with van der Waals surface area (Å²) in [7, 11) is 0. The number of hydrogen-bond acceptors (Lipinski definition) is 5. The second-order valence-electron chi connectivity index (χ2n) is 4.61. The number of ether oxygens (including phenoxy) is 2. The van der Waals surface area contributed by atoms with E-state index in [1.165, 1.54) is 11.0 Å². The van der Waals surface area contributed by atoms with E-state index >= 15 is 0 Å². The highest BCUT2D eigenvalue weighted by molar-refractivity contribution is 6.00. The first-order chi connectivity index (χ1) is 10.1. The van der Waals surface area contributed by atoms with E-state index in [0.29, 0.717) is 6.61 Å². The number of carbonyl (C=O) groups is 2. The SMILES string of the molecule is CCOC(=O)C1COCCN1C(=O)c1cccc(N)c1[OH2+]. The van der Waals surface area contributed by atoms with Crippen LogP contribution in [0.3, 0.4) is 0 Å². The van der Waals surface area contributed by atoms with Crippen molar-refractivity contribution in [3.63, 3.8) is 0 Å². The first kappa shape index (κ1) is 15.1. The Morgan fingerprint density at radius 2 is 2.29 bits per heavy atom. The third-order valence-corrected chi connectivity index (χ3v) is 3.28. The Kier molecular flexibility index (Phi) is 4.64. The van der Waals surface area contributed by atoms with Gasteiger partial charge in [-0.3, -0.25) is 4.79 Å². The summed E-state index contributed by atoms with van der Waals surface area (Å²) < 4.78 is 10.2. The van der Waals surface area contributed by atoms with E-state index < -0.39 is 17.9 Å². The Balaban J connectivity index is 2.26. The van der Waals surface area contributed by atoms with Crippen molar-refractivity contribution in [3.05, 3.63) is 23.8 Å². The summed E-state index contributed by atoms with van der Waals surface area (Å²) >= 11 is 0. The van der Waals surface area contributed by atoms with E-state index in [4.69, 9.17) is 20.3 Å². The van der Waals surface area contributed by atoms with Crippen LogP contribution in [0.2, 0.25) is 0 Å². The van der Waals surface area contributed by atoms with E-state index in [2.05, 4.69) is 0 Å². The fraction of sp³-hybridized carbons (Fsp3) is 0.429. The van der Waals surface area contributed by atoms with E-state index in [1.54, 1.807) is 19.1 Å². The van der Waals surface area contributed by atoms with Crippen molar-refractivity contribution >= 4 is 17.6 Å². The summed E-state index contributed by atoms with van der Waals surface area (Å²) in [5.41, 5.74) is 6.05. The Hall–Kier alpha value is -2.28. The Bertz CT molecular complexity index is 546. The van der Waals surface area contributed by atoms with Gasteiger partial charge in [-0.25, -0.2) is 4.79 Å². The number of anilines is 1. The van der Waals surface area contributed by atoms with Crippen LogP contribution in [-0.4, -0.2) is 54.3 Å². The lowest BCUT2D eigenvalue weighted by atomic mass is 10.1. The zero-order valence-corrected chi connectivity index (χ0v) is 11.8. The molecule has 114 valence electrons. The molecule has 1 unspecified atom stereocenters. The van der Waals surface area contributed by atoms with Gasteiger partial charge in [-0.15, -0.1) is 0 Å². The first-order valence-corrected chi connectivity index (χ1v) is 6.71. The van der Waals surface area contributed by atoms with Crippen LogP contribution >= 0.6 is 0 Å². The van der Waals surface area contributed by atoms with Crippen LogP contribution in [0.5, 0.6) is 5.75 Å². The smallest absolute Gasteiger partial charge is 0.331 e. The lowest BCUT2D eigenvalue weighted by Crippen LogP contribution is -2.53. The highest BCUT2D eigenvalue weighted by Gasteiger charge is 2.36. The number of carbonyl (C=O) groups excluding carboxylic acids is 2. The van der Waals surface area contributed by atoms with Gasteiger partial charge in [0, 0.05) is 6.54 Å². The fourth-order valence-corrected chi connectivity index (χ4v) is 2.18. The van der Waals surface area contributed by atoms with Crippen LogP contribution in [0, 0.1) is 0 Å². The van der Waals surface area contributed by atoms with Gasteiger partial charge in [-0.05, 0) is 19.1 Å². The minimum absolute atomic E-state index is 0.0309. The van der Waals surface area contributed by atoms with Crippen LogP contribution in [0.4, 0.5) is 5.69 Å². The predicted octanol–water partition coefficient (Wildman–Crippen LogP) is 0.111.